The van der Waals surface area contributed by atoms with E-state index in [1.165, 1.54) is 0 Å². The largest absolute Gasteiger partial charge is 0.381 e. The highest BCUT2D eigenvalue weighted by Crippen LogP contribution is 2.29. The van der Waals surface area contributed by atoms with Gasteiger partial charge in [0, 0.05) is 16.2 Å². The molecule has 0 saturated carbocycles. The van der Waals surface area contributed by atoms with Crippen molar-refractivity contribution in [3.05, 3.63) is 52.8 Å². The van der Waals surface area contributed by atoms with Gasteiger partial charge in [-0.1, -0.05) is 38.1 Å². The van der Waals surface area contributed by atoms with Crippen LogP contribution in [0.2, 0.25) is 0 Å². The maximum Gasteiger partial charge on any atom is 0.271 e. The molecule has 0 radical (unpaired) electrons. The van der Waals surface area contributed by atoms with Crippen LogP contribution in [0.3, 0.4) is 0 Å². The fourth-order valence-electron chi connectivity index (χ4n) is 3.23. The minimum Gasteiger partial charge on any atom is -0.381 e. The van der Waals surface area contributed by atoms with Gasteiger partial charge in [-0.3, -0.25) is 14.5 Å². The Morgan fingerprint density at radius 1 is 1.19 bits per heavy atom. The smallest absolute Gasteiger partial charge is 0.271 e. The number of hydrogen-bond donors (Lipinski definition) is 2. The number of thioether (sulfide) groups is 1. The van der Waals surface area contributed by atoms with E-state index in [9.17, 15) is 4.79 Å². The number of rotatable bonds is 3. The van der Waals surface area contributed by atoms with Crippen molar-refractivity contribution in [1.82, 2.24) is 19.7 Å². The Morgan fingerprint density at radius 2 is 1.93 bits per heavy atom. The van der Waals surface area contributed by atoms with Gasteiger partial charge in [0.05, 0.1) is 0 Å². The first-order valence-corrected chi connectivity index (χ1v) is 10.0. The molecule has 0 fully saturated rings. The van der Waals surface area contributed by atoms with E-state index < -0.39 is 0 Å². The molecule has 138 valence electrons. The van der Waals surface area contributed by atoms with Gasteiger partial charge in [-0.05, 0) is 36.3 Å². The number of H-pyrrole nitrogens is 1. The third-order valence-corrected chi connectivity index (χ3v) is 5.81. The summed E-state index contributed by atoms with van der Waals surface area (Å²) in [5.74, 6) is 1.48. The van der Waals surface area contributed by atoms with Crippen LogP contribution in [0, 0.1) is 11.8 Å². The molecule has 2 aromatic heterocycles. The summed E-state index contributed by atoms with van der Waals surface area (Å²) >= 11 is 1.67. The van der Waals surface area contributed by atoms with E-state index in [4.69, 9.17) is 5.73 Å². The monoisotopic (exact) mass is 379 g/mol. The summed E-state index contributed by atoms with van der Waals surface area (Å²) in [6.07, 6.45) is 8.24. The lowest BCUT2D eigenvalue weighted by Gasteiger charge is -2.21. The second-order valence-electron chi connectivity index (χ2n) is 6.81. The number of nitrogen functional groups attached to an aromatic ring is 1. The number of hydrogen-bond acceptors (Lipinski definition) is 5. The SMILES string of the molecule is CSc1ccc(-c2nc3[nH]nc(N)c3c(=O)n2C2=CC(C)C(C)C=C2)cc1. The topological polar surface area (TPSA) is 89.6 Å². The van der Waals surface area contributed by atoms with Gasteiger partial charge in [0.25, 0.3) is 5.56 Å². The van der Waals surface area contributed by atoms with Gasteiger partial charge in [-0.25, -0.2) is 4.98 Å². The molecule has 0 bridgehead atoms. The molecule has 0 aliphatic heterocycles. The molecule has 1 aliphatic rings. The highest BCUT2D eigenvalue weighted by molar-refractivity contribution is 7.98. The van der Waals surface area contributed by atoms with Crippen LogP contribution in [0.25, 0.3) is 28.1 Å². The fourth-order valence-corrected chi connectivity index (χ4v) is 3.63. The zero-order valence-electron chi connectivity index (χ0n) is 15.4. The molecular formula is C20H21N5OS. The van der Waals surface area contributed by atoms with Gasteiger partial charge in [0.1, 0.15) is 11.2 Å². The third kappa shape index (κ3) is 2.98. The Morgan fingerprint density at radius 3 is 2.59 bits per heavy atom. The van der Waals surface area contributed by atoms with Crippen LogP contribution < -0.4 is 11.3 Å². The normalized spacial score (nSPS) is 19.4. The van der Waals surface area contributed by atoms with Gasteiger partial charge in [0.15, 0.2) is 11.5 Å². The number of nitrogens with one attached hydrogen (secondary N) is 1. The summed E-state index contributed by atoms with van der Waals surface area (Å²) in [4.78, 5) is 19.2. The van der Waals surface area contributed by atoms with E-state index in [1.807, 2.05) is 36.6 Å². The first-order valence-electron chi connectivity index (χ1n) is 8.81. The Kier molecular flexibility index (Phi) is 4.39. The molecule has 7 heteroatoms. The summed E-state index contributed by atoms with van der Waals surface area (Å²) in [5.41, 5.74) is 7.77. The first kappa shape index (κ1) is 17.6. The van der Waals surface area contributed by atoms with Gasteiger partial charge in [-0.15, -0.1) is 11.8 Å². The third-order valence-electron chi connectivity index (χ3n) is 5.06. The van der Waals surface area contributed by atoms with Crippen molar-refractivity contribution in [3.8, 4) is 11.4 Å². The van der Waals surface area contributed by atoms with Crippen LogP contribution in [-0.4, -0.2) is 26.0 Å². The summed E-state index contributed by atoms with van der Waals surface area (Å²) in [7, 11) is 0. The number of allylic oxidation sites excluding steroid dienone is 4. The second-order valence-corrected chi connectivity index (χ2v) is 7.69. The Bertz CT molecular complexity index is 1120. The van der Waals surface area contributed by atoms with E-state index >= 15 is 0 Å². The predicted octanol–water partition coefficient (Wildman–Crippen LogP) is 3.77. The van der Waals surface area contributed by atoms with Gasteiger partial charge < -0.3 is 5.73 Å². The highest BCUT2D eigenvalue weighted by atomic mass is 32.2. The molecule has 6 nitrogen and oxygen atoms in total. The van der Waals surface area contributed by atoms with Crippen LogP contribution in [-0.2, 0) is 0 Å². The molecule has 0 spiro atoms. The Labute approximate surface area is 161 Å². The molecule has 1 aromatic carbocycles. The van der Waals surface area contributed by atoms with Crippen molar-refractivity contribution in [2.75, 3.05) is 12.0 Å². The number of nitrogens with zero attached hydrogens (tertiary/aromatic N) is 3. The first-order chi connectivity index (χ1) is 13.0. The van der Waals surface area contributed by atoms with E-state index in [2.05, 4.69) is 41.2 Å². The van der Waals surface area contributed by atoms with Crippen LogP contribution in [0.15, 0.2) is 52.2 Å². The Hall–Kier alpha value is -2.80. The van der Waals surface area contributed by atoms with Crippen LogP contribution in [0.4, 0.5) is 5.82 Å². The molecule has 2 heterocycles. The van der Waals surface area contributed by atoms with Gasteiger partial charge in [-0.2, -0.15) is 5.10 Å². The lowest BCUT2D eigenvalue weighted by Crippen LogP contribution is -2.24. The van der Waals surface area contributed by atoms with Crippen molar-refractivity contribution in [1.29, 1.82) is 0 Å². The van der Waals surface area contributed by atoms with E-state index in [0.29, 0.717) is 28.7 Å². The standard InChI is InChI=1S/C20H21N5OS/c1-11-4-7-14(10-12(11)2)25-19(13-5-8-15(27-3)9-6-13)22-18-16(20(25)26)17(21)23-24-18/h4-12H,1-3H3,(H3,21,23,24). The fraction of sp³-hybridized carbons (Fsp3) is 0.250. The number of benzene rings is 1. The van der Waals surface area contributed by atoms with Crippen LogP contribution in [0.1, 0.15) is 13.8 Å². The van der Waals surface area contributed by atoms with Gasteiger partial charge in [0.2, 0.25) is 0 Å². The van der Waals surface area contributed by atoms with Crippen molar-refractivity contribution in [2.45, 2.75) is 18.7 Å². The lowest BCUT2D eigenvalue weighted by atomic mass is 9.90. The average Bonchev–Trinajstić information content (AvgIpc) is 3.05. The predicted molar refractivity (Wildman–Crippen MR) is 112 cm³/mol. The molecule has 2 unspecified atom stereocenters. The summed E-state index contributed by atoms with van der Waals surface area (Å²) in [6, 6.07) is 8.01. The van der Waals surface area contributed by atoms with E-state index in [0.717, 1.165) is 16.2 Å². The quantitative estimate of drug-likeness (QED) is 0.676. The minimum atomic E-state index is -0.215. The zero-order chi connectivity index (χ0) is 19.1. The lowest BCUT2D eigenvalue weighted by molar-refractivity contribution is 0.551. The van der Waals surface area contributed by atoms with Gasteiger partial charge >= 0.3 is 0 Å². The molecule has 4 rings (SSSR count). The van der Waals surface area contributed by atoms with Crippen molar-refractivity contribution >= 4 is 34.3 Å². The maximum absolute atomic E-state index is 13.3. The molecule has 3 N–H and O–H groups in total. The number of aromatic amines is 1. The minimum absolute atomic E-state index is 0.169. The van der Waals surface area contributed by atoms with Crippen molar-refractivity contribution < 1.29 is 0 Å². The Balaban J connectivity index is 2.01. The second kappa shape index (κ2) is 6.74. The average molecular weight is 379 g/mol. The maximum atomic E-state index is 13.3. The van der Waals surface area contributed by atoms with Crippen LogP contribution >= 0.6 is 11.8 Å². The highest BCUT2D eigenvalue weighted by Gasteiger charge is 2.21. The molecule has 1 aliphatic carbocycles. The number of anilines is 1. The molecule has 0 saturated heterocycles. The summed E-state index contributed by atoms with van der Waals surface area (Å²) in [6.45, 7) is 4.30. The van der Waals surface area contributed by atoms with Crippen LogP contribution in [0.5, 0.6) is 0 Å². The number of nitrogens with two attached hydrogens (primary N) is 1. The molecule has 3 aromatic rings. The summed E-state index contributed by atoms with van der Waals surface area (Å²) in [5, 5.41) is 7.05. The van der Waals surface area contributed by atoms with Crippen molar-refractivity contribution in [2.24, 2.45) is 11.8 Å². The summed E-state index contributed by atoms with van der Waals surface area (Å²) < 4.78 is 1.64. The van der Waals surface area contributed by atoms with E-state index in [-0.39, 0.29) is 11.4 Å². The molecular weight excluding hydrogens is 358 g/mol. The van der Waals surface area contributed by atoms with Crippen molar-refractivity contribution in [3.63, 3.8) is 0 Å². The number of aromatic nitrogens is 4. The van der Waals surface area contributed by atoms with E-state index in [1.54, 1.807) is 16.3 Å². The molecule has 2 atom stereocenters. The number of fused-ring (bicyclic) bond motifs is 1. The zero-order valence-corrected chi connectivity index (χ0v) is 16.2. The molecule has 27 heavy (non-hydrogen) atoms. The molecule has 0 amide bonds.